The molecular formula is C11H13NO2. The normalized spacial score (nSPS) is 29.6. The summed E-state index contributed by atoms with van der Waals surface area (Å²) in [5.41, 5.74) is 0.749. The molecule has 0 spiro atoms. The molecule has 0 unspecified atom stereocenters. The van der Waals surface area contributed by atoms with Crippen LogP contribution in [0.25, 0.3) is 0 Å². The quantitative estimate of drug-likeness (QED) is 0.803. The van der Waals surface area contributed by atoms with E-state index >= 15 is 0 Å². The van der Waals surface area contributed by atoms with Crippen molar-refractivity contribution >= 4 is 6.09 Å². The highest BCUT2D eigenvalue weighted by Gasteiger charge is 2.23. The zero-order valence-electron chi connectivity index (χ0n) is 12.4. The second-order valence-electron chi connectivity index (χ2n) is 2.81. The Morgan fingerprint density at radius 3 is 2.93 bits per heavy atom. The molecule has 0 bridgehead atoms. The number of benzene rings is 1. The van der Waals surface area contributed by atoms with Crippen molar-refractivity contribution in [2.45, 2.75) is 25.4 Å². The van der Waals surface area contributed by atoms with Gasteiger partial charge in [0.25, 0.3) is 0 Å². The lowest BCUT2D eigenvalue weighted by Gasteiger charge is -2.05. The van der Waals surface area contributed by atoms with Crippen molar-refractivity contribution in [3.05, 3.63) is 35.9 Å². The fraction of sp³-hybridized carbons (Fsp3) is 0.364. The first-order valence-corrected chi connectivity index (χ1v) is 4.21. The van der Waals surface area contributed by atoms with Crippen LogP contribution in [0.5, 0.6) is 0 Å². The highest BCUT2D eigenvalue weighted by molar-refractivity contribution is 5.67. The van der Waals surface area contributed by atoms with Crippen LogP contribution in [0.3, 0.4) is 0 Å². The lowest BCUT2D eigenvalue weighted by molar-refractivity contribution is 0.139. The minimum absolute atomic E-state index is 0.0191. The fourth-order valence-electron chi connectivity index (χ4n) is 0.955. The molecule has 1 aliphatic rings. The average molecular weight is 196 g/mol. The molecule has 0 aliphatic heterocycles. The highest BCUT2D eigenvalue weighted by atomic mass is 16.5. The number of amides is 1. The Morgan fingerprint density at radius 1 is 1.57 bits per heavy atom. The first kappa shape index (κ1) is 4.82. The summed E-state index contributed by atoms with van der Waals surface area (Å²) in [5, 5.41) is 1.94. The van der Waals surface area contributed by atoms with Gasteiger partial charge in [-0.15, -0.1) is 0 Å². The van der Waals surface area contributed by atoms with Crippen molar-refractivity contribution < 1.29 is 16.4 Å². The second kappa shape index (κ2) is 4.13. The molecule has 1 saturated carbocycles. The molecule has 0 saturated heterocycles. The maximum Gasteiger partial charge on any atom is 0.407 e. The van der Waals surface area contributed by atoms with Crippen LogP contribution in [0.4, 0.5) is 4.79 Å². The van der Waals surface area contributed by atoms with Crippen molar-refractivity contribution in [1.82, 2.24) is 5.32 Å². The van der Waals surface area contributed by atoms with Gasteiger partial charge in [-0.05, 0) is 18.3 Å². The molecular weight excluding hydrogens is 178 g/mol. The Balaban J connectivity index is 1.90. The standard InChI is InChI=1S/C11H13NO2/c13-11(12-10-6-7-10)14-8-9-4-2-1-3-5-9/h1-5,10H,6-8H2,(H,12,13)/i6D2,7D2,10D. The molecule has 1 aliphatic carbocycles. The molecule has 0 aromatic heterocycles. The minimum atomic E-state index is -2.42. The number of alkyl carbamates (subject to hydrolysis) is 1. The predicted molar refractivity (Wildman–Crippen MR) is 52.8 cm³/mol. The van der Waals surface area contributed by atoms with Gasteiger partial charge in [0.05, 0.1) is 1.37 Å². The Morgan fingerprint density at radius 2 is 2.29 bits per heavy atom. The number of nitrogens with one attached hydrogen (secondary N) is 1. The van der Waals surface area contributed by atoms with Crippen molar-refractivity contribution in [1.29, 1.82) is 0 Å². The van der Waals surface area contributed by atoms with Crippen molar-refractivity contribution in [3.8, 4) is 0 Å². The second-order valence-corrected chi connectivity index (χ2v) is 2.81. The largest absolute Gasteiger partial charge is 0.445 e. The number of rotatable bonds is 3. The lowest BCUT2D eigenvalue weighted by Crippen LogP contribution is -2.25. The summed E-state index contributed by atoms with van der Waals surface area (Å²) in [6, 6.07) is 6.57. The van der Waals surface area contributed by atoms with Gasteiger partial charge in [0.2, 0.25) is 0 Å². The summed E-state index contributed by atoms with van der Waals surface area (Å²) in [4.78, 5) is 11.5. The molecule has 74 valence electrons. The lowest BCUT2D eigenvalue weighted by atomic mass is 10.2. The molecule has 1 fully saturated rings. The van der Waals surface area contributed by atoms with Gasteiger partial charge in [-0.25, -0.2) is 4.79 Å². The number of hydrogen-bond acceptors (Lipinski definition) is 2. The molecule has 0 atom stereocenters. The van der Waals surface area contributed by atoms with Crippen molar-refractivity contribution in [2.24, 2.45) is 0 Å². The summed E-state index contributed by atoms with van der Waals surface area (Å²) >= 11 is 0. The summed E-state index contributed by atoms with van der Waals surface area (Å²) in [6.07, 6.45) is -5.86. The van der Waals surface area contributed by atoms with Crippen LogP contribution < -0.4 is 5.32 Å². The van der Waals surface area contributed by atoms with Gasteiger partial charge in [0.1, 0.15) is 6.61 Å². The first-order chi connectivity index (χ1) is 8.72. The van der Waals surface area contributed by atoms with E-state index in [1.165, 1.54) is 0 Å². The van der Waals surface area contributed by atoms with Crippen LogP contribution in [0.2, 0.25) is 0 Å². The van der Waals surface area contributed by atoms with E-state index in [9.17, 15) is 4.79 Å². The van der Waals surface area contributed by atoms with E-state index in [-0.39, 0.29) is 6.61 Å². The van der Waals surface area contributed by atoms with E-state index in [0.717, 1.165) is 5.56 Å². The van der Waals surface area contributed by atoms with Crippen LogP contribution in [0.15, 0.2) is 30.3 Å². The van der Waals surface area contributed by atoms with E-state index in [2.05, 4.69) is 0 Å². The number of carbonyl (C=O) groups excluding carboxylic acids is 1. The van der Waals surface area contributed by atoms with Crippen LogP contribution in [0, 0.1) is 0 Å². The predicted octanol–water partition coefficient (Wildman–Crippen LogP) is 2.08. The van der Waals surface area contributed by atoms with E-state index in [1.54, 1.807) is 24.3 Å². The van der Waals surface area contributed by atoms with Gasteiger partial charge < -0.3 is 10.1 Å². The van der Waals surface area contributed by atoms with Crippen molar-refractivity contribution in [3.63, 3.8) is 0 Å². The van der Waals surface area contributed by atoms with Crippen molar-refractivity contribution in [2.75, 3.05) is 0 Å². The Bertz CT molecular complexity index is 477. The smallest absolute Gasteiger partial charge is 0.407 e. The van der Waals surface area contributed by atoms with Crippen LogP contribution >= 0.6 is 0 Å². The summed E-state index contributed by atoms with van der Waals surface area (Å²) in [7, 11) is 0. The monoisotopic (exact) mass is 196 g/mol. The molecule has 14 heavy (non-hydrogen) atoms. The van der Waals surface area contributed by atoms with Gasteiger partial charge in [-0.1, -0.05) is 30.3 Å². The zero-order chi connectivity index (χ0) is 14.3. The van der Waals surface area contributed by atoms with E-state index in [1.807, 2.05) is 11.4 Å². The average Bonchev–Trinajstić information content (AvgIpc) is 2.65. The Hall–Kier alpha value is -1.51. The fourth-order valence-corrected chi connectivity index (χ4v) is 0.955. The topological polar surface area (TPSA) is 38.3 Å². The molecule has 1 aromatic rings. The minimum Gasteiger partial charge on any atom is -0.445 e. The number of hydrogen-bond donors (Lipinski definition) is 1. The van der Waals surface area contributed by atoms with Gasteiger partial charge in [-0.3, -0.25) is 0 Å². The Kier molecular flexibility index (Phi) is 1.42. The third-order valence-electron chi connectivity index (χ3n) is 1.69. The summed E-state index contributed by atoms with van der Waals surface area (Å²) in [5.74, 6) is 0. The highest BCUT2D eigenvalue weighted by Crippen LogP contribution is 2.18. The van der Waals surface area contributed by atoms with E-state index in [0.29, 0.717) is 0 Å². The molecule has 0 heterocycles. The third kappa shape index (κ3) is 2.76. The summed E-state index contributed by atoms with van der Waals surface area (Å²) in [6.45, 7) is -0.0191. The van der Waals surface area contributed by atoms with Gasteiger partial charge in [0, 0.05) is 11.5 Å². The molecule has 3 heteroatoms. The molecule has 1 amide bonds. The first-order valence-electron chi connectivity index (χ1n) is 6.71. The van der Waals surface area contributed by atoms with E-state index < -0.39 is 24.9 Å². The number of carbonyl (C=O) groups is 1. The van der Waals surface area contributed by atoms with Crippen LogP contribution in [-0.2, 0) is 11.3 Å². The third-order valence-corrected chi connectivity index (χ3v) is 1.69. The van der Waals surface area contributed by atoms with Gasteiger partial charge in [-0.2, -0.15) is 0 Å². The molecule has 3 nitrogen and oxygen atoms in total. The maximum absolute atomic E-state index is 11.5. The van der Waals surface area contributed by atoms with Gasteiger partial charge >= 0.3 is 6.09 Å². The van der Waals surface area contributed by atoms with Gasteiger partial charge in [0.15, 0.2) is 0 Å². The molecule has 0 radical (unpaired) electrons. The molecule has 1 N–H and O–H groups in total. The van der Waals surface area contributed by atoms with Crippen LogP contribution in [-0.4, -0.2) is 12.1 Å². The Labute approximate surface area is 90.1 Å². The number of ether oxygens (including phenoxy) is 1. The molecule has 1 aromatic carbocycles. The van der Waals surface area contributed by atoms with E-state index in [4.69, 9.17) is 11.6 Å². The molecule has 2 rings (SSSR count). The summed E-state index contributed by atoms with van der Waals surface area (Å²) < 4.78 is 41.7. The SMILES string of the molecule is [2H]C1([2H])C([2H])([2H])C1([2H])NC(=O)OCc1ccccc1. The maximum atomic E-state index is 11.5. The zero-order valence-corrected chi connectivity index (χ0v) is 7.41. The van der Waals surface area contributed by atoms with Crippen LogP contribution in [0.1, 0.15) is 25.2 Å².